The summed E-state index contributed by atoms with van der Waals surface area (Å²) in [5.41, 5.74) is 1.71. The van der Waals surface area contributed by atoms with Crippen molar-refractivity contribution in [2.45, 2.75) is 13.3 Å². The molecule has 0 aliphatic rings. The van der Waals surface area contributed by atoms with Crippen LogP contribution >= 0.6 is 0 Å². The van der Waals surface area contributed by atoms with Crippen LogP contribution in [-0.2, 0) is 11.2 Å². The van der Waals surface area contributed by atoms with Gasteiger partial charge < -0.3 is 4.52 Å². The Kier molecular flexibility index (Phi) is 1.85. The fourth-order valence-electron chi connectivity index (χ4n) is 1.37. The fraction of sp³-hybridized carbons (Fsp3) is 0.200. The first-order chi connectivity index (χ1) is 6.27. The third kappa shape index (κ3) is 1.45. The zero-order valence-corrected chi connectivity index (χ0v) is 7.28. The molecular weight excluding hydrogens is 166 g/mol. The van der Waals surface area contributed by atoms with E-state index in [4.69, 9.17) is 4.52 Å². The lowest BCUT2D eigenvalue weighted by Gasteiger charge is -1.96. The highest BCUT2D eigenvalue weighted by Crippen LogP contribution is 2.18. The van der Waals surface area contributed by atoms with Gasteiger partial charge in [-0.15, -0.1) is 0 Å². The first-order valence-electron chi connectivity index (χ1n) is 4.09. The molecule has 0 amide bonds. The molecule has 0 radical (unpaired) electrons. The number of hydrogen-bond donors (Lipinski definition) is 0. The summed E-state index contributed by atoms with van der Waals surface area (Å²) in [6.45, 7) is 1.58. The fourth-order valence-corrected chi connectivity index (χ4v) is 1.37. The minimum Gasteiger partial charge on any atom is -0.356 e. The van der Waals surface area contributed by atoms with Gasteiger partial charge in [0, 0.05) is 11.8 Å². The van der Waals surface area contributed by atoms with Crippen LogP contribution in [0.15, 0.2) is 28.9 Å². The Morgan fingerprint density at radius 2 is 2.38 bits per heavy atom. The Morgan fingerprint density at radius 1 is 1.54 bits per heavy atom. The molecule has 1 aromatic heterocycles. The Bertz CT molecular complexity index is 445. The summed E-state index contributed by atoms with van der Waals surface area (Å²) >= 11 is 0. The van der Waals surface area contributed by atoms with Gasteiger partial charge in [-0.3, -0.25) is 4.79 Å². The Morgan fingerprint density at radius 3 is 3.15 bits per heavy atom. The molecule has 0 N–H and O–H groups in total. The van der Waals surface area contributed by atoms with Crippen LogP contribution in [-0.4, -0.2) is 10.9 Å². The number of aromatic nitrogens is 1. The molecule has 13 heavy (non-hydrogen) atoms. The van der Waals surface area contributed by atoms with Gasteiger partial charge in [0.05, 0.1) is 6.20 Å². The Labute approximate surface area is 75.3 Å². The van der Waals surface area contributed by atoms with Crippen LogP contribution in [0.3, 0.4) is 0 Å². The monoisotopic (exact) mass is 175 g/mol. The number of carbonyl (C=O) groups excluding carboxylic acids is 1. The third-order valence-corrected chi connectivity index (χ3v) is 1.93. The summed E-state index contributed by atoms with van der Waals surface area (Å²) in [5, 5.41) is 4.61. The van der Waals surface area contributed by atoms with Crippen LogP contribution in [0.2, 0.25) is 0 Å². The summed E-state index contributed by atoms with van der Waals surface area (Å²) in [7, 11) is 0. The molecule has 2 rings (SSSR count). The van der Waals surface area contributed by atoms with Crippen molar-refractivity contribution in [3.05, 3.63) is 30.0 Å². The topological polar surface area (TPSA) is 43.1 Å². The maximum atomic E-state index is 10.9. The summed E-state index contributed by atoms with van der Waals surface area (Å²) in [4.78, 5) is 10.9. The van der Waals surface area contributed by atoms with Gasteiger partial charge in [0.2, 0.25) is 0 Å². The predicted octanol–water partition coefficient (Wildman–Crippen LogP) is 1.96. The largest absolute Gasteiger partial charge is 0.356 e. The van der Waals surface area contributed by atoms with Crippen molar-refractivity contribution in [3.63, 3.8) is 0 Å². The molecule has 66 valence electrons. The van der Waals surface area contributed by atoms with Crippen molar-refractivity contribution >= 4 is 16.8 Å². The molecule has 3 nitrogen and oxygen atoms in total. The SMILES string of the molecule is CC(=O)Cc1cccc2oncc12. The van der Waals surface area contributed by atoms with Crippen molar-refractivity contribution in [1.82, 2.24) is 5.16 Å². The second kappa shape index (κ2) is 3.01. The standard InChI is InChI=1S/C10H9NO2/c1-7(12)5-8-3-2-4-10-9(8)6-11-13-10/h2-4,6H,5H2,1H3. The third-order valence-electron chi connectivity index (χ3n) is 1.93. The van der Waals surface area contributed by atoms with Crippen molar-refractivity contribution in [2.24, 2.45) is 0 Å². The normalized spacial score (nSPS) is 10.5. The van der Waals surface area contributed by atoms with Gasteiger partial charge in [0.1, 0.15) is 5.78 Å². The molecular formula is C10H9NO2. The number of benzene rings is 1. The van der Waals surface area contributed by atoms with Gasteiger partial charge in [0.15, 0.2) is 5.58 Å². The van der Waals surface area contributed by atoms with Crippen LogP contribution in [0, 0.1) is 0 Å². The maximum absolute atomic E-state index is 10.9. The molecule has 0 aliphatic carbocycles. The van der Waals surface area contributed by atoms with Crippen LogP contribution in [0.1, 0.15) is 12.5 Å². The molecule has 0 saturated carbocycles. The quantitative estimate of drug-likeness (QED) is 0.700. The van der Waals surface area contributed by atoms with Crippen LogP contribution < -0.4 is 0 Å². The highest BCUT2D eigenvalue weighted by atomic mass is 16.5. The van der Waals surface area contributed by atoms with E-state index in [1.807, 2.05) is 18.2 Å². The van der Waals surface area contributed by atoms with Crippen LogP contribution in [0.5, 0.6) is 0 Å². The van der Waals surface area contributed by atoms with Gasteiger partial charge in [-0.05, 0) is 18.6 Å². The maximum Gasteiger partial charge on any atom is 0.167 e. The summed E-state index contributed by atoms with van der Waals surface area (Å²) in [5.74, 6) is 0.147. The highest BCUT2D eigenvalue weighted by Gasteiger charge is 2.05. The van der Waals surface area contributed by atoms with Gasteiger partial charge in [0.25, 0.3) is 0 Å². The van der Waals surface area contributed by atoms with E-state index in [1.54, 1.807) is 13.1 Å². The number of fused-ring (bicyclic) bond motifs is 1. The van der Waals surface area contributed by atoms with Crippen molar-refractivity contribution in [1.29, 1.82) is 0 Å². The van der Waals surface area contributed by atoms with Gasteiger partial charge in [-0.1, -0.05) is 17.3 Å². The number of carbonyl (C=O) groups is 1. The van der Waals surface area contributed by atoms with E-state index in [0.717, 1.165) is 16.5 Å². The van der Waals surface area contributed by atoms with E-state index in [2.05, 4.69) is 5.16 Å². The number of hydrogen-bond acceptors (Lipinski definition) is 3. The van der Waals surface area contributed by atoms with Crippen molar-refractivity contribution in [3.8, 4) is 0 Å². The first kappa shape index (κ1) is 7.98. The summed E-state index contributed by atoms with van der Waals surface area (Å²) in [6.07, 6.45) is 2.09. The zero-order chi connectivity index (χ0) is 9.26. The molecule has 0 unspecified atom stereocenters. The van der Waals surface area contributed by atoms with Crippen molar-refractivity contribution in [2.75, 3.05) is 0 Å². The van der Waals surface area contributed by atoms with Gasteiger partial charge in [-0.25, -0.2) is 0 Å². The predicted molar refractivity (Wildman–Crippen MR) is 48.4 cm³/mol. The minimum absolute atomic E-state index is 0.147. The summed E-state index contributed by atoms with van der Waals surface area (Å²) in [6, 6.07) is 5.62. The van der Waals surface area contributed by atoms with E-state index < -0.39 is 0 Å². The molecule has 1 heterocycles. The van der Waals surface area contributed by atoms with Crippen LogP contribution in [0.25, 0.3) is 11.0 Å². The van der Waals surface area contributed by atoms with Gasteiger partial charge in [-0.2, -0.15) is 0 Å². The van der Waals surface area contributed by atoms with Crippen LogP contribution in [0.4, 0.5) is 0 Å². The Balaban J connectivity index is 2.54. The second-order valence-electron chi connectivity index (χ2n) is 3.03. The number of ketones is 1. The lowest BCUT2D eigenvalue weighted by Crippen LogP contribution is -1.95. The molecule has 3 heteroatoms. The molecule has 0 spiro atoms. The lowest BCUT2D eigenvalue weighted by atomic mass is 10.1. The number of Topliss-reactive ketones (excluding diaryl/α,β-unsaturated/α-hetero) is 1. The smallest absolute Gasteiger partial charge is 0.167 e. The van der Waals surface area contributed by atoms with E-state index in [9.17, 15) is 4.79 Å². The number of rotatable bonds is 2. The highest BCUT2D eigenvalue weighted by molar-refractivity contribution is 5.86. The van der Waals surface area contributed by atoms with E-state index in [-0.39, 0.29) is 5.78 Å². The van der Waals surface area contributed by atoms with Gasteiger partial charge >= 0.3 is 0 Å². The molecule has 0 bridgehead atoms. The van der Waals surface area contributed by atoms with E-state index >= 15 is 0 Å². The Hall–Kier alpha value is -1.64. The molecule has 1 aromatic carbocycles. The molecule has 0 atom stereocenters. The number of nitrogens with zero attached hydrogens (tertiary/aromatic N) is 1. The van der Waals surface area contributed by atoms with Crippen molar-refractivity contribution < 1.29 is 9.32 Å². The van der Waals surface area contributed by atoms with E-state index in [1.165, 1.54) is 0 Å². The first-order valence-corrected chi connectivity index (χ1v) is 4.09. The molecule has 0 saturated heterocycles. The molecule has 0 aliphatic heterocycles. The minimum atomic E-state index is 0.147. The zero-order valence-electron chi connectivity index (χ0n) is 7.28. The molecule has 2 aromatic rings. The average Bonchev–Trinajstić information content (AvgIpc) is 2.51. The summed E-state index contributed by atoms with van der Waals surface area (Å²) < 4.78 is 4.98. The van der Waals surface area contributed by atoms with E-state index in [0.29, 0.717) is 6.42 Å². The molecule has 0 fully saturated rings. The lowest BCUT2D eigenvalue weighted by molar-refractivity contribution is -0.116. The average molecular weight is 175 g/mol. The second-order valence-corrected chi connectivity index (χ2v) is 3.03.